The molecule has 94 valence electrons. The van der Waals surface area contributed by atoms with Crippen LogP contribution in [0.15, 0.2) is 22.7 Å². The summed E-state index contributed by atoms with van der Waals surface area (Å²) in [7, 11) is 0. The van der Waals surface area contributed by atoms with Crippen LogP contribution >= 0.6 is 15.9 Å². The predicted octanol–water partition coefficient (Wildman–Crippen LogP) is 4.07. The summed E-state index contributed by atoms with van der Waals surface area (Å²) >= 11 is 3.39. The van der Waals surface area contributed by atoms with E-state index in [4.69, 9.17) is 0 Å². The smallest absolute Gasteiger partial charge is 0.251 e. The molecule has 0 saturated carbocycles. The van der Waals surface area contributed by atoms with Gasteiger partial charge in [0.2, 0.25) is 0 Å². The van der Waals surface area contributed by atoms with Crippen LogP contribution in [-0.4, -0.2) is 12.5 Å². The number of hydrogen-bond donors (Lipinski definition) is 1. The number of halogens is 1. The highest BCUT2D eigenvalue weighted by atomic mass is 79.9. The Hall–Kier alpha value is -0.830. The lowest BCUT2D eigenvalue weighted by Gasteiger charge is -2.08. The van der Waals surface area contributed by atoms with Crippen LogP contribution in [0.2, 0.25) is 0 Å². The lowest BCUT2D eigenvalue weighted by molar-refractivity contribution is 0.0952. The van der Waals surface area contributed by atoms with Gasteiger partial charge in [-0.25, -0.2) is 0 Å². The van der Waals surface area contributed by atoms with E-state index in [2.05, 4.69) is 28.2 Å². The van der Waals surface area contributed by atoms with Gasteiger partial charge in [0.05, 0.1) is 0 Å². The molecule has 1 rings (SSSR count). The second-order valence-electron chi connectivity index (χ2n) is 4.28. The molecule has 0 aliphatic heterocycles. The molecule has 0 aliphatic carbocycles. The van der Waals surface area contributed by atoms with Gasteiger partial charge in [-0.3, -0.25) is 4.79 Å². The summed E-state index contributed by atoms with van der Waals surface area (Å²) in [6.07, 6.45) is 4.71. The molecule has 0 atom stereocenters. The van der Waals surface area contributed by atoms with Gasteiger partial charge in [0.1, 0.15) is 0 Å². The van der Waals surface area contributed by atoms with E-state index in [1.807, 2.05) is 25.1 Å². The van der Waals surface area contributed by atoms with Crippen molar-refractivity contribution in [2.45, 2.75) is 39.5 Å². The number of rotatable bonds is 6. The first-order valence-electron chi connectivity index (χ1n) is 6.19. The van der Waals surface area contributed by atoms with Crippen molar-refractivity contribution >= 4 is 21.8 Å². The maximum absolute atomic E-state index is 11.9. The van der Waals surface area contributed by atoms with Crippen molar-refractivity contribution in [1.29, 1.82) is 0 Å². The van der Waals surface area contributed by atoms with Crippen molar-refractivity contribution in [3.8, 4) is 0 Å². The van der Waals surface area contributed by atoms with Gasteiger partial charge >= 0.3 is 0 Å². The van der Waals surface area contributed by atoms with Gasteiger partial charge in [-0.2, -0.15) is 0 Å². The standard InChI is InChI=1S/C14H20BrNO/c1-3-4-5-6-9-16-14(17)13-10-12(15)8-7-11(13)2/h7-8,10H,3-6,9H2,1-2H3,(H,16,17). The highest BCUT2D eigenvalue weighted by molar-refractivity contribution is 9.10. The Morgan fingerprint density at radius 3 is 2.76 bits per heavy atom. The van der Waals surface area contributed by atoms with E-state index in [1.165, 1.54) is 19.3 Å². The molecular formula is C14H20BrNO. The first kappa shape index (κ1) is 14.2. The van der Waals surface area contributed by atoms with Gasteiger partial charge in [-0.15, -0.1) is 0 Å². The van der Waals surface area contributed by atoms with Gasteiger partial charge < -0.3 is 5.32 Å². The number of nitrogens with one attached hydrogen (secondary N) is 1. The summed E-state index contributed by atoms with van der Waals surface area (Å²) in [6.45, 7) is 4.91. The molecule has 1 aromatic rings. The summed E-state index contributed by atoms with van der Waals surface area (Å²) in [5, 5.41) is 2.97. The van der Waals surface area contributed by atoms with Crippen LogP contribution in [-0.2, 0) is 0 Å². The lowest BCUT2D eigenvalue weighted by Crippen LogP contribution is -2.25. The van der Waals surface area contributed by atoms with E-state index >= 15 is 0 Å². The largest absolute Gasteiger partial charge is 0.352 e. The van der Waals surface area contributed by atoms with Crippen molar-refractivity contribution < 1.29 is 4.79 Å². The van der Waals surface area contributed by atoms with Crippen molar-refractivity contribution in [2.24, 2.45) is 0 Å². The second kappa shape index (κ2) is 7.49. The topological polar surface area (TPSA) is 29.1 Å². The van der Waals surface area contributed by atoms with Crippen molar-refractivity contribution in [2.75, 3.05) is 6.54 Å². The number of amides is 1. The van der Waals surface area contributed by atoms with Crippen LogP contribution in [0.1, 0.15) is 48.5 Å². The van der Waals surface area contributed by atoms with E-state index in [9.17, 15) is 4.79 Å². The fraction of sp³-hybridized carbons (Fsp3) is 0.500. The van der Waals surface area contributed by atoms with Gasteiger partial charge in [0.15, 0.2) is 0 Å². The van der Waals surface area contributed by atoms with Crippen LogP contribution in [0.5, 0.6) is 0 Å². The summed E-state index contributed by atoms with van der Waals surface area (Å²) in [4.78, 5) is 11.9. The molecule has 0 saturated heterocycles. The second-order valence-corrected chi connectivity index (χ2v) is 5.19. The molecule has 17 heavy (non-hydrogen) atoms. The number of hydrogen-bond acceptors (Lipinski definition) is 1. The minimum atomic E-state index is 0.0281. The van der Waals surface area contributed by atoms with Crippen LogP contribution < -0.4 is 5.32 Å². The van der Waals surface area contributed by atoms with Crippen molar-refractivity contribution in [3.63, 3.8) is 0 Å². The highest BCUT2D eigenvalue weighted by Gasteiger charge is 2.08. The number of benzene rings is 1. The molecule has 0 aliphatic rings. The van der Waals surface area contributed by atoms with Crippen LogP contribution in [0, 0.1) is 6.92 Å². The third-order valence-corrected chi connectivity index (χ3v) is 3.25. The van der Waals surface area contributed by atoms with Gasteiger partial charge in [0.25, 0.3) is 5.91 Å². The molecule has 0 heterocycles. The minimum absolute atomic E-state index is 0.0281. The minimum Gasteiger partial charge on any atom is -0.352 e. The predicted molar refractivity (Wildman–Crippen MR) is 75.4 cm³/mol. The van der Waals surface area contributed by atoms with E-state index in [1.54, 1.807) is 0 Å². The SMILES string of the molecule is CCCCCCNC(=O)c1cc(Br)ccc1C. The molecule has 1 aromatic carbocycles. The maximum Gasteiger partial charge on any atom is 0.251 e. The molecule has 0 aromatic heterocycles. The van der Waals surface area contributed by atoms with Crippen LogP contribution in [0.4, 0.5) is 0 Å². The number of aryl methyl sites for hydroxylation is 1. The molecule has 0 bridgehead atoms. The number of carbonyl (C=O) groups excluding carboxylic acids is 1. The number of carbonyl (C=O) groups is 1. The Kier molecular flexibility index (Phi) is 6.27. The monoisotopic (exact) mass is 297 g/mol. The van der Waals surface area contributed by atoms with Gasteiger partial charge in [0, 0.05) is 16.6 Å². The fourth-order valence-electron chi connectivity index (χ4n) is 1.69. The fourth-order valence-corrected chi connectivity index (χ4v) is 2.05. The summed E-state index contributed by atoms with van der Waals surface area (Å²) in [5.41, 5.74) is 1.77. The lowest BCUT2D eigenvalue weighted by atomic mass is 10.1. The van der Waals surface area contributed by atoms with Crippen LogP contribution in [0.3, 0.4) is 0 Å². The highest BCUT2D eigenvalue weighted by Crippen LogP contribution is 2.15. The first-order valence-corrected chi connectivity index (χ1v) is 6.98. The average molecular weight is 298 g/mol. The summed E-state index contributed by atoms with van der Waals surface area (Å²) in [5.74, 6) is 0.0281. The molecule has 0 spiro atoms. The summed E-state index contributed by atoms with van der Waals surface area (Å²) < 4.78 is 0.944. The third kappa shape index (κ3) is 4.90. The Morgan fingerprint density at radius 1 is 1.29 bits per heavy atom. The van der Waals surface area contributed by atoms with Gasteiger partial charge in [-0.1, -0.05) is 48.2 Å². The number of unbranched alkanes of at least 4 members (excludes halogenated alkanes) is 3. The zero-order chi connectivity index (χ0) is 12.7. The summed E-state index contributed by atoms with van der Waals surface area (Å²) in [6, 6.07) is 5.78. The van der Waals surface area contributed by atoms with Crippen molar-refractivity contribution in [1.82, 2.24) is 5.32 Å². The molecule has 1 N–H and O–H groups in total. The molecule has 2 nitrogen and oxygen atoms in total. The Labute approximate surface area is 112 Å². The normalized spacial score (nSPS) is 10.3. The van der Waals surface area contributed by atoms with Crippen LogP contribution in [0.25, 0.3) is 0 Å². The first-order chi connectivity index (χ1) is 8.15. The Bertz CT molecular complexity index is 376. The zero-order valence-corrected chi connectivity index (χ0v) is 12.1. The van der Waals surface area contributed by atoms with Gasteiger partial charge in [-0.05, 0) is 31.0 Å². The van der Waals surface area contributed by atoms with E-state index in [0.29, 0.717) is 0 Å². The maximum atomic E-state index is 11.9. The van der Waals surface area contributed by atoms with E-state index in [0.717, 1.165) is 28.6 Å². The molecule has 0 radical (unpaired) electrons. The molecule has 0 unspecified atom stereocenters. The average Bonchev–Trinajstić information content (AvgIpc) is 2.32. The molecule has 3 heteroatoms. The third-order valence-electron chi connectivity index (χ3n) is 2.76. The Balaban J connectivity index is 2.44. The molecule has 1 amide bonds. The Morgan fingerprint density at radius 2 is 2.06 bits per heavy atom. The molecular weight excluding hydrogens is 278 g/mol. The van der Waals surface area contributed by atoms with E-state index in [-0.39, 0.29) is 5.91 Å². The van der Waals surface area contributed by atoms with Crippen molar-refractivity contribution in [3.05, 3.63) is 33.8 Å². The van der Waals surface area contributed by atoms with E-state index < -0.39 is 0 Å². The quantitative estimate of drug-likeness (QED) is 0.788. The molecule has 0 fully saturated rings. The zero-order valence-electron chi connectivity index (χ0n) is 10.6.